The van der Waals surface area contributed by atoms with Crippen LogP contribution in [0.25, 0.3) is 0 Å². The van der Waals surface area contributed by atoms with Crippen LogP contribution >= 0.6 is 0 Å². The first kappa shape index (κ1) is 15.2. The summed E-state index contributed by atoms with van der Waals surface area (Å²) in [5, 5.41) is 12.2. The average Bonchev–Trinajstić information content (AvgIpc) is 2.97. The van der Waals surface area contributed by atoms with Crippen molar-refractivity contribution >= 4 is 10.0 Å². The molecule has 8 heteroatoms. The zero-order chi connectivity index (χ0) is 15.3. The number of aromatic nitrogens is 2. The van der Waals surface area contributed by atoms with E-state index < -0.39 is 10.0 Å². The minimum atomic E-state index is -3.67. The van der Waals surface area contributed by atoms with Crippen molar-refractivity contribution in [1.82, 2.24) is 14.9 Å². The standard InChI is InChI=1S/C13H13N3O4S/c1-10-7-12(5-4-11(10)3-2-6-17)21(18,19)15-8-13-14-9-20-16-13/h4-5,7,9,15,17H,6,8H2,1H3. The first-order valence-corrected chi connectivity index (χ1v) is 7.46. The van der Waals surface area contributed by atoms with Gasteiger partial charge >= 0.3 is 0 Å². The summed E-state index contributed by atoms with van der Waals surface area (Å²) >= 11 is 0. The van der Waals surface area contributed by atoms with E-state index in [0.29, 0.717) is 11.1 Å². The normalized spacial score (nSPS) is 11.0. The Kier molecular flexibility index (Phi) is 4.70. The van der Waals surface area contributed by atoms with Gasteiger partial charge in [0.1, 0.15) is 6.61 Å². The Labute approximate surface area is 122 Å². The highest BCUT2D eigenvalue weighted by atomic mass is 32.2. The molecule has 0 bridgehead atoms. The van der Waals surface area contributed by atoms with Gasteiger partial charge in [0.05, 0.1) is 11.4 Å². The fraction of sp³-hybridized carbons (Fsp3) is 0.231. The fourth-order valence-corrected chi connectivity index (χ4v) is 2.66. The Morgan fingerprint density at radius 3 is 2.86 bits per heavy atom. The Morgan fingerprint density at radius 2 is 2.24 bits per heavy atom. The van der Waals surface area contributed by atoms with Gasteiger partial charge in [-0.05, 0) is 30.7 Å². The highest BCUT2D eigenvalue weighted by molar-refractivity contribution is 7.89. The first-order valence-electron chi connectivity index (χ1n) is 5.98. The van der Waals surface area contributed by atoms with Gasteiger partial charge in [0.25, 0.3) is 0 Å². The third-order valence-electron chi connectivity index (χ3n) is 2.64. The molecule has 0 spiro atoms. The maximum atomic E-state index is 12.1. The van der Waals surface area contributed by atoms with Crippen molar-refractivity contribution in [1.29, 1.82) is 0 Å². The Morgan fingerprint density at radius 1 is 1.43 bits per heavy atom. The van der Waals surface area contributed by atoms with Gasteiger partial charge in [0, 0.05) is 5.56 Å². The molecule has 0 atom stereocenters. The molecule has 0 amide bonds. The number of hydrogen-bond acceptors (Lipinski definition) is 6. The van der Waals surface area contributed by atoms with E-state index in [2.05, 4.69) is 31.2 Å². The molecule has 0 aliphatic heterocycles. The molecule has 0 aliphatic carbocycles. The van der Waals surface area contributed by atoms with Crippen molar-refractivity contribution in [3.05, 3.63) is 41.5 Å². The largest absolute Gasteiger partial charge is 0.384 e. The molecule has 0 radical (unpaired) electrons. The van der Waals surface area contributed by atoms with Crippen LogP contribution in [0.4, 0.5) is 0 Å². The third kappa shape index (κ3) is 3.88. The molecule has 7 nitrogen and oxygen atoms in total. The summed E-state index contributed by atoms with van der Waals surface area (Å²) in [5.74, 6) is 5.52. The van der Waals surface area contributed by atoms with E-state index in [1.54, 1.807) is 13.0 Å². The van der Waals surface area contributed by atoms with Crippen LogP contribution in [0.15, 0.2) is 34.0 Å². The van der Waals surface area contributed by atoms with Crippen molar-refractivity contribution in [3.8, 4) is 11.8 Å². The predicted octanol–water partition coefficient (Wildman–Crippen LogP) is 0.200. The predicted molar refractivity (Wildman–Crippen MR) is 73.5 cm³/mol. The summed E-state index contributed by atoms with van der Waals surface area (Å²) in [5.41, 5.74) is 1.37. The van der Waals surface area contributed by atoms with Crippen molar-refractivity contribution in [3.63, 3.8) is 0 Å². The van der Waals surface area contributed by atoms with E-state index in [1.165, 1.54) is 12.1 Å². The maximum absolute atomic E-state index is 12.1. The zero-order valence-corrected chi connectivity index (χ0v) is 12.0. The summed E-state index contributed by atoms with van der Waals surface area (Å²) in [7, 11) is -3.67. The second kappa shape index (κ2) is 6.49. The summed E-state index contributed by atoms with van der Waals surface area (Å²) in [6.45, 7) is 1.45. The molecule has 0 aliphatic rings. The van der Waals surface area contributed by atoms with Crippen molar-refractivity contribution in [2.75, 3.05) is 6.61 Å². The lowest BCUT2D eigenvalue weighted by Crippen LogP contribution is -2.23. The fourth-order valence-electron chi connectivity index (χ4n) is 1.59. The number of aliphatic hydroxyl groups is 1. The van der Waals surface area contributed by atoms with E-state index in [9.17, 15) is 8.42 Å². The zero-order valence-electron chi connectivity index (χ0n) is 11.2. The van der Waals surface area contributed by atoms with Crippen LogP contribution in [0, 0.1) is 18.8 Å². The Balaban J connectivity index is 2.18. The van der Waals surface area contributed by atoms with Gasteiger partial charge in [-0.25, -0.2) is 13.1 Å². The molecule has 1 aromatic heterocycles. The third-order valence-corrected chi connectivity index (χ3v) is 4.04. The van der Waals surface area contributed by atoms with Crippen molar-refractivity contribution in [2.45, 2.75) is 18.4 Å². The van der Waals surface area contributed by atoms with E-state index >= 15 is 0 Å². The summed E-state index contributed by atoms with van der Waals surface area (Å²) in [6.07, 6.45) is 1.13. The minimum Gasteiger partial charge on any atom is -0.384 e. The summed E-state index contributed by atoms with van der Waals surface area (Å²) < 4.78 is 31.2. The number of sulfonamides is 1. The molecule has 110 valence electrons. The molecule has 2 N–H and O–H groups in total. The van der Waals surface area contributed by atoms with E-state index in [-0.39, 0.29) is 23.9 Å². The smallest absolute Gasteiger partial charge is 0.240 e. The van der Waals surface area contributed by atoms with Gasteiger partial charge in [0.2, 0.25) is 16.4 Å². The molecule has 0 saturated carbocycles. The minimum absolute atomic E-state index is 0.0516. The van der Waals surface area contributed by atoms with Gasteiger partial charge in [-0.3, -0.25) is 0 Å². The lowest BCUT2D eigenvalue weighted by Gasteiger charge is -2.06. The van der Waals surface area contributed by atoms with Crippen LogP contribution in [-0.2, 0) is 16.6 Å². The Hall–Kier alpha value is -2.21. The molecule has 1 heterocycles. The maximum Gasteiger partial charge on any atom is 0.240 e. The quantitative estimate of drug-likeness (QED) is 0.782. The number of rotatable bonds is 4. The van der Waals surface area contributed by atoms with E-state index in [1.807, 2.05) is 0 Å². The lowest BCUT2D eigenvalue weighted by atomic mass is 10.1. The molecule has 0 fully saturated rings. The van der Waals surface area contributed by atoms with Crippen LogP contribution in [0.5, 0.6) is 0 Å². The van der Waals surface area contributed by atoms with Crippen LogP contribution in [0.3, 0.4) is 0 Å². The summed E-state index contributed by atoms with van der Waals surface area (Å²) in [6, 6.07) is 4.56. The van der Waals surface area contributed by atoms with Crippen molar-refractivity contribution < 1.29 is 18.0 Å². The molecule has 0 unspecified atom stereocenters. The van der Waals surface area contributed by atoms with Crippen LogP contribution in [-0.4, -0.2) is 30.3 Å². The molecule has 2 rings (SSSR count). The number of nitrogens with zero attached hydrogens (tertiary/aromatic N) is 2. The number of aryl methyl sites for hydroxylation is 1. The van der Waals surface area contributed by atoms with Gasteiger partial charge < -0.3 is 9.63 Å². The molecular formula is C13H13N3O4S. The molecule has 0 saturated heterocycles. The second-order valence-corrected chi connectivity index (χ2v) is 5.88. The SMILES string of the molecule is Cc1cc(S(=O)(=O)NCc2ncon2)ccc1C#CCO. The van der Waals surface area contributed by atoms with E-state index in [4.69, 9.17) is 5.11 Å². The highest BCUT2D eigenvalue weighted by Gasteiger charge is 2.15. The molecule has 2 aromatic rings. The van der Waals surface area contributed by atoms with Crippen LogP contribution in [0.2, 0.25) is 0 Å². The van der Waals surface area contributed by atoms with E-state index in [0.717, 1.165) is 6.39 Å². The van der Waals surface area contributed by atoms with Gasteiger partial charge in [-0.15, -0.1) is 0 Å². The summed E-state index contributed by atoms with van der Waals surface area (Å²) in [4.78, 5) is 3.85. The van der Waals surface area contributed by atoms with Crippen LogP contribution in [0.1, 0.15) is 17.0 Å². The monoisotopic (exact) mass is 307 g/mol. The molecule has 1 aromatic carbocycles. The second-order valence-electron chi connectivity index (χ2n) is 4.11. The number of aliphatic hydroxyl groups excluding tert-OH is 1. The molecule has 21 heavy (non-hydrogen) atoms. The van der Waals surface area contributed by atoms with Gasteiger partial charge in [-0.1, -0.05) is 17.0 Å². The van der Waals surface area contributed by atoms with Gasteiger partial charge in [0.15, 0.2) is 5.82 Å². The Bertz CT molecular complexity index is 773. The topological polar surface area (TPSA) is 105 Å². The van der Waals surface area contributed by atoms with Crippen LogP contribution < -0.4 is 4.72 Å². The number of nitrogens with one attached hydrogen (secondary N) is 1. The highest BCUT2D eigenvalue weighted by Crippen LogP contribution is 2.15. The van der Waals surface area contributed by atoms with Gasteiger partial charge in [-0.2, -0.15) is 4.98 Å². The number of benzene rings is 1. The molecular weight excluding hydrogens is 294 g/mol. The lowest BCUT2D eigenvalue weighted by molar-refractivity contribution is 0.350. The van der Waals surface area contributed by atoms with Crippen molar-refractivity contribution in [2.24, 2.45) is 0 Å². The first-order chi connectivity index (χ1) is 10.0. The average molecular weight is 307 g/mol. The number of hydrogen-bond donors (Lipinski definition) is 2.